The van der Waals surface area contributed by atoms with E-state index in [2.05, 4.69) is 15.0 Å². The van der Waals surface area contributed by atoms with Crippen LogP contribution in [0.1, 0.15) is 18.9 Å². The molecule has 0 unspecified atom stereocenters. The van der Waals surface area contributed by atoms with E-state index in [1.54, 1.807) is 21.1 Å². The van der Waals surface area contributed by atoms with E-state index >= 15 is 0 Å². The van der Waals surface area contributed by atoms with E-state index in [4.69, 9.17) is 4.74 Å². The summed E-state index contributed by atoms with van der Waals surface area (Å²) in [5.74, 6) is 1.70. The molecular formula is C16H29IN4O3S. The fraction of sp³-hybridized carbons (Fsp3) is 0.562. The number of benzene rings is 1. The van der Waals surface area contributed by atoms with E-state index in [0.29, 0.717) is 26.1 Å². The zero-order valence-electron chi connectivity index (χ0n) is 15.3. The Kier molecular flexibility index (Phi) is 11.8. The molecule has 2 N–H and O–H groups in total. The molecule has 0 aromatic heterocycles. The first kappa shape index (κ1) is 23.9. The van der Waals surface area contributed by atoms with Crippen LogP contribution in [0.4, 0.5) is 0 Å². The summed E-state index contributed by atoms with van der Waals surface area (Å²) in [5, 5.41) is 3.23. The summed E-state index contributed by atoms with van der Waals surface area (Å²) in [5.41, 5.74) is 1.15. The molecule has 0 saturated carbocycles. The highest BCUT2D eigenvalue weighted by atomic mass is 127. The van der Waals surface area contributed by atoms with Gasteiger partial charge in [-0.2, -0.15) is 0 Å². The number of guanidine groups is 1. The number of ether oxygens (including phenoxy) is 1. The zero-order valence-corrected chi connectivity index (χ0v) is 18.4. The first-order valence-electron chi connectivity index (χ1n) is 7.94. The van der Waals surface area contributed by atoms with Gasteiger partial charge >= 0.3 is 0 Å². The maximum absolute atomic E-state index is 11.3. The van der Waals surface area contributed by atoms with Crippen molar-refractivity contribution in [3.8, 4) is 5.75 Å². The normalized spacial score (nSPS) is 11.6. The maximum Gasteiger partial charge on any atom is 0.211 e. The largest absolute Gasteiger partial charge is 0.497 e. The highest BCUT2D eigenvalue weighted by molar-refractivity contribution is 14.0. The molecule has 1 aromatic rings. The molecule has 144 valence electrons. The molecule has 0 aliphatic heterocycles. The van der Waals surface area contributed by atoms with Crippen molar-refractivity contribution in [3.05, 3.63) is 29.8 Å². The van der Waals surface area contributed by atoms with Gasteiger partial charge in [0.15, 0.2) is 5.96 Å². The minimum absolute atomic E-state index is 0. The quantitative estimate of drug-likeness (QED) is 0.241. The number of halogens is 1. The molecule has 0 atom stereocenters. The summed E-state index contributed by atoms with van der Waals surface area (Å²) < 4.78 is 30.4. The number of nitrogens with one attached hydrogen (secondary N) is 2. The topological polar surface area (TPSA) is 83.0 Å². The molecule has 0 spiro atoms. The average Bonchev–Trinajstić information content (AvgIpc) is 2.58. The SMILES string of the molecule is CCS(=O)(=O)NCCCNC(=NC)N(C)Cc1ccc(OC)cc1.I. The fourth-order valence-corrected chi connectivity index (χ4v) is 2.74. The van der Waals surface area contributed by atoms with E-state index in [9.17, 15) is 8.42 Å². The number of sulfonamides is 1. The molecule has 0 amide bonds. The van der Waals surface area contributed by atoms with E-state index < -0.39 is 10.0 Å². The summed E-state index contributed by atoms with van der Waals surface area (Å²) >= 11 is 0. The van der Waals surface area contributed by atoms with Gasteiger partial charge in [-0.05, 0) is 31.0 Å². The van der Waals surface area contributed by atoms with Gasteiger partial charge in [0.05, 0.1) is 12.9 Å². The third-order valence-electron chi connectivity index (χ3n) is 3.49. The van der Waals surface area contributed by atoms with Crippen molar-refractivity contribution in [3.63, 3.8) is 0 Å². The van der Waals surface area contributed by atoms with Crippen molar-refractivity contribution >= 4 is 40.0 Å². The lowest BCUT2D eigenvalue weighted by atomic mass is 10.2. The van der Waals surface area contributed by atoms with Crippen molar-refractivity contribution in [1.82, 2.24) is 14.9 Å². The molecule has 1 aromatic carbocycles. The van der Waals surface area contributed by atoms with Crippen LogP contribution in [0, 0.1) is 0 Å². The molecule has 0 saturated heterocycles. The summed E-state index contributed by atoms with van der Waals surface area (Å²) in [4.78, 5) is 6.26. The van der Waals surface area contributed by atoms with Gasteiger partial charge in [0, 0.05) is 33.7 Å². The van der Waals surface area contributed by atoms with E-state index in [-0.39, 0.29) is 29.7 Å². The second kappa shape index (κ2) is 12.3. The number of aliphatic imine (C=N–C) groups is 1. The van der Waals surface area contributed by atoms with Crippen molar-refractivity contribution in [1.29, 1.82) is 0 Å². The number of rotatable bonds is 9. The summed E-state index contributed by atoms with van der Waals surface area (Å²) in [6.07, 6.45) is 0.689. The first-order chi connectivity index (χ1) is 11.4. The molecule has 0 bridgehead atoms. The van der Waals surface area contributed by atoms with Gasteiger partial charge in [-0.1, -0.05) is 12.1 Å². The van der Waals surface area contributed by atoms with Crippen molar-refractivity contribution in [2.24, 2.45) is 4.99 Å². The first-order valence-corrected chi connectivity index (χ1v) is 9.59. The van der Waals surface area contributed by atoms with Gasteiger partial charge in [-0.25, -0.2) is 13.1 Å². The second-order valence-corrected chi connectivity index (χ2v) is 7.42. The highest BCUT2D eigenvalue weighted by Crippen LogP contribution is 2.12. The molecule has 9 heteroatoms. The van der Waals surface area contributed by atoms with Gasteiger partial charge in [-0.3, -0.25) is 4.99 Å². The van der Waals surface area contributed by atoms with Crippen LogP contribution in [0.3, 0.4) is 0 Å². The lowest BCUT2D eigenvalue weighted by Gasteiger charge is -2.22. The van der Waals surface area contributed by atoms with E-state index in [1.165, 1.54) is 0 Å². The highest BCUT2D eigenvalue weighted by Gasteiger charge is 2.07. The number of hydrogen-bond donors (Lipinski definition) is 2. The Balaban J connectivity index is 0.00000576. The second-order valence-electron chi connectivity index (χ2n) is 5.33. The third kappa shape index (κ3) is 9.26. The molecule has 0 fully saturated rings. The Morgan fingerprint density at radius 3 is 2.40 bits per heavy atom. The molecule has 7 nitrogen and oxygen atoms in total. The van der Waals surface area contributed by atoms with E-state index in [0.717, 1.165) is 17.3 Å². The number of nitrogens with zero attached hydrogens (tertiary/aromatic N) is 2. The Labute approximate surface area is 168 Å². The standard InChI is InChI=1S/C16H28N4O3S.HI/c1-5-24(21,22)19-12-6-11-18-16(17-2)20(3)13-14-7-9-15(23-4)10-8-14;/h7-10,19H,5-6,11-13H2,1-4H3,(H,17,18);1H. The average molecular weight is 484 g/mol. The van der Waals surface area contributed by atoms with E-state index in [1.807, 2.05) is 36.2 Å². The zero-order chi connectivity index (χ0) is 18.0. The van der Waals surface area contributed by atoms with Crippen LogP contribution in [0.2, 0.25) is 0 Å². The van der Waals surface area contributed by atoms with Crippen LogP contribution in [-0.2, 0) is 16.6 Å². The molecule has 1 rings (SSSR count). The Morgan fingerprint density at radius 2 is 1.88 bits per heavy atom. The minimum Gasteiger partial charge on any atom is -0.497 e. The summed E-state index contributed by atoms with van der Waals surface area (Å²) in [6.45, 7) is 3.40. The van der Waals surface area contributed by atoms with Gasteiger partial charge in [0.1, 0.15) is 5.75 Å². The third-order valence-corrected chi connectivity index (χ3v) is 4.89. The Morgan fingerprint density at radius 1 is 1.24 bits per heavy atom. The number of methoxy groups -OCH3 is 1. The van der Waals surface area contributed by atoms with Gasteiger partial charge in [0.2, 0.25) is 10.0 Å². The maximum atomic E-state index is 11.3. The predicted molar refractivity (Wildman–Crippen MR) is 113 cm³/mol. The number of hydrogen-bond acceptors (Lipinski definition) is 4. The molecule has 0 aliphatic rings. The molecular weight excluding hydrogens is 455 g/mol. The lowest BCUT2D eigenvalue weighted by Crippen LogP contribution is -2.39. The van der Waals surface area contributed by atoms with Crippen LogP contribution in [0.15, 0.2) is 29.3 Å². The molecule has 0 heterocycles. The minimum atomic E-state index is -3.12. The van der Waals surface area contributed by atoms with Crippen molar-refractivity contribution in [2.75, 3.05) is 40.0 Å². The van der Waals surface area contributed by atoms with Crippen molar-refractivity contribution in [2.45, 2.75) is 19.9 Å². The lowest BCUT2D eigenvalue weighted by molar-refractivity contribution is 0.414. The van der Waals surface area contributed by atoms with Crippen LogP contribution in [0.5, 0.6) is 5.75 Å². The monoisotopic (exact) mass is 484 g/mol. The van der Waals surface area contributed by atoms with Gasteiger partial charge in [-0.15, -0.1) is 24.0 Å². The van der Waals surface area contributed by atoms with Crippen LogP contribution < -0.4 is 14.8 Å². The summed E-state index contributed by atoms with van der Waals surface area (Å²) in [7, 11) is 2.22. The van der Waals surface area contributed by atoms with Gasteiger partial charge < -0.3 is 15.0 Å². The van der Waals surface area contributed by atoms with Crippen LogP contribution >= 0.6 is 24.0 Å². The fourth-order valence-electron chi connectivity index (χ4n) is 2.08. The molecule has 25 heavy (non-hydrogen) atoms. The predicted octanol–water partition coefficient (Wildman–Crippen LogP) is 1.65. The van der Waals surface area contributed by atoms with Crippen molar-refractivity contribution < 1.29 is 13.2 Å². The van der Waals surface area contributed by atoms with Crippen LogP contribution in [-0.4, -0.2) is 59.3 Å². The van der Waals surface area contributed by atoms with Crippen LogP contribution in [0.25, 0.3) is 0 Å². The molecule has 0 radical (unpaired) electrons. The Bertz CT molecular complexity index is 621. The van der Waals surface area contributed by atoms with Gasteiger partial charge in [0.25, 0.3) is 0 Å². The molecule has 0 aliphatic carbocycles. The summed E-state index contributed by atoms with van der Waals surface area (Å²) in [6, 6.07) is 7.89. The Hall–Kier alpha value is -1.07. The smallest absolute Gasteiger partial charge is 0.211 e.